The maximum atomic E-state index is 11.6. The zero-order valence-corrected chi connectivity index (χ0v) is 12.4. The van der Waals surface area contributed by atoms with Gasteiger partial charge in [0, 0.05) is 0 Å². The average Bonchev–Trinajstić information content (AvgIpc) is 2.38. The molecule has 4 N–H and O–H groups in total. The number of carbonyl (C=O) groups is 3. The molecule has 10 heteroatoms. The van der Waals surface area contributed by atoms with Gasteiger partial charge >= 0.3 is 0 Å². The summed E-state index contributed by atoms with van der Waals surface area (Å²) in [6.45, 7) is 0. The number of hydrogen-bond donors (Lipinski definition) is 4. The minimum absolute atomic E-state index is 0.0609. The Morgan fingerprint density at radius 1 is 0.864 bits per heavy atom. The van der Waals surface area contributed by atoms with Gasteiger partial charge in [-0.2, -0.15) is 4.99 Å². The van der Waals surface area contributed by atoms with Gasteiger partial charge in [0.25, 0.3) is 17.7 Å². The van der Waals surface area contributed by atoms with Crippen LogP contribution in [0.15, 0.2) is 40.4 Å². The predicted molar refractivity (Wildman–Crippen MR) is 85.0 cm³/mol. The molecule has 2 rings (SSSR count). The maximum absolute atomic E-state index is 11.6. The highest BCUT2D eigenvalue weighted by molar-refractivity contribution is 7.80. The lowest BCUT2D eigenvalue weighted by molar-refractivity contribution is -0.123. The molecule has 2 aliphatic rings. The van der Waals surface area contributed by atoms with Crippen LogP contribution in [0.3, 0.4) is 0 Å². The predicted octanol–water partition coefficient (Wildman–Crippen LogP) is -0.703. The van der Waals surface area contributed by atoms with Crippen molar-refractivity contribution in [1.29, 1.82) is 0 Å². The summed E-state index contributed by atoms with van der Waals surface area (Å²) in [4.78, 5) is 38.2. The van der Waals surface area contributed by atoms with Gasteiger partial charge in [-0.3, -0.25) is 30.3 Å². The first kappa shape index (κ1) is 15.7. The van der Waals surface area contributed by atoms with E-state index in [1.54, 1.807) is 0 Å². The van der Waals surface area contributed by atoms with Gasteiger partial charge in [0.05, 0.1) is 0 Å². The maximum Gasteiger partial charge on any atom is 0.263 e. The van der Waals surface area contributed by atoms with Crippen molar-refractivity contribution in [3.8, 4) is 0 Å². The standard InChI is InChI=1S/C12H8N4O4S2/c17-7-5(8(18)14-11(21)13-7)3-1-2-4-6-9(19)15-12(22)16-10(6)20/h1-4H,(H2,13,14,17,18,21)(H2,15,16,19,20,22). The van der Waals surface area contributed by atoms with E-state index in [0.717, 1.165) is 0 Å². The Hall–Kier alpha value is -2.72. The number of aliphatic imine (C=N–C) groups is 1. The van der Waals surface area contributed by atoms with Gasteiger partial charge in [0.1, 0.15) is 11.1 Å². The van der Waals surface area contributed by atoms with E-state index in [1.165, 1.54) is 24.3 Å². The molecule has 8 nitrogen and oxygen atoms in total. The molecular weight excluding hydrogens is 328 g/mol. The van der Waals surface area contributed by atoms with Crippen molar-refractivity contribution in [3.05, 3.63) is 35.5 Å². The molecule has 0 aliphatic carbocycles. The third-order valence-electron chi connectivity index (χ3n) is 2.49. The monoisotopic (exact) mass is 336 g/mol. The summed E-state index contributed by atoms with van der Waals surface area (Å²) in [5.74, 6) is -2.37. The Kier molecular flexibility index (Phi) is 4.53. The van der Waals surface area contributed by atoms with Crippen molar-refractivity contribution >= 4 is 58.3 Å². The summed E-state index contributed by atoms with van der Waals surface area (Å²) in [5.41, 5.74) is -0.239. The zero-order valence-electron chi connectivity index (χ0n) is 10.7. The number of hydrogen-bond acceptors (Lipinski definition) is 5. The molecule has 2 aliphatic heterocycles. The molecule has 0 atom stereocenters. The van der Waals surface area contributed by atoms with E-state index in [4.69, 9.17) is 0 Å². The number of nitrogens with zero attached hydrogens (tertiary/aromatic N) is 1. The molecule has 2 heterocycles. The average molecular weight is 336 g/mol. The van der Waals surface area contributed by atoms with Crippen LogP contribution in [0.5, 0.6) is 0 Å². The smallest absolute Gasteiger partial charge is 0.263 e. The van der Waals surface area contributed by atoms with Gasteiger partial charge in [-0.05, 0) is 36.6 Å². The number of aliphatic hydroxyl groups excluding tert-OH is 1. The van der Waals surface area contributed by atoms with Crippen molar-refractivity contribution in [2.24, 2.45) is 4.99 Å². The van der Waals surface area contributed by atoms with Crippen LogP contribution in [0.2, 0.25) is 0 Å². The highest BCUT2D eigenvalue weighted by atomic mass is 32.1. The van der Waals surface area contributed by atoms with Crippen LogP contribution in [0.1, 0.15) is 0 Å². The highest BCUT2D eigenvalue weighted by Crippen LogP contribution is 2.05. The summed E-state index contributed by atoms with van der Waals surface area (Å²) >= 11 is 9.29. The van der Waals surface area contributed by atoms with Gasteiger partial charge in [-0.25, -0.2) is 0 Å². The van der Waals surface area contributed by atoms with Crippen LogP contribution < -0.4 is 16.0 Å². The topological polar surface area (TPSA) is 120 Å². The molecule has 1 fully saturated rings. The minimum Gasteiger partial charge on any atom is -0.493 e. The van der Waals surface area contributed by atoms with Crippen molar-refractivity contribution in [3.63, 3.8) is 0 Å². The van der Waals surface area contributed by atoms with Crippen LogP contribution in [-0.4, -0.2) is 39.0 Å². The zero-order chi connectivity index (χ0) is 16.3. The fraction of sp³-hybridized carbons (Fsp3) is 0. The summed E-state index contributed by atoms with van der Waals surface area (Å²) in [5, 5.41) is 16.1. The lowest BCUT2D eigenvalue weighted by Crippen LogP contribution is -2.51. The Morgan fingerprint density at radius 2 is 1.36 bits per heavy atom. The highest BCUT2D eigenvalue weighted by Gasteiger charge is 2.25. The fourth-order valence-electron chi connectivity index (χ4n) is 1.53. The summed E-state index contributed by atoms with van der Waals surface area (Å²) in [7, 11) is 0. The van der Waals surface area contributed by atoms with Crippen LogP contribution >= 0.6 is 24.4 Å². The normalized spacial score (nSPS) is 20.7. The Labute approximate surface area is 134 Å². The van der Waals surface area contributed by atoms with E-state index in [0.29, 0.717) is 0 Å². The molecule has 0 bridgehead atoms. The van der Waals surface area contributed by atoms with E-state index in [1.807, 2.05) is 0 Å². The second-order valence-electron chi connectivity index (χ2n) is 3.98. The molecule has 0 aromatic rings. The number of allylic oxidation sites excluding steroid dienone is 4. The Balaban J connectivity index is 2.16. The largest absolute Gasteiger partial charge is 0.493 e. The van der Waals surface area contributed by atoms with Crippen molar-refractivity contribution in [2.45, 2.75) is 0 Å². The third-order valence-corrected chi connectivity index (χ3v) is 2.89. The molecule has 112 valence electrons. The number of carbonyl (C=O) groups excluding carboxylic acids is 3. The summed E-state index contributed by atoms with van der Waals surface area (Å²) < 4.78 is 0. The van der Waals surface area contributed by atoms with E-state index < -0.39 is 23.6 Å². The fourth-order valence-corrected chi connectivity index (χ4v) is 1.90. The molecule has 0 unspecified atom stereocenters. The van der Waals surface area contributed by atoms with Gasteiger partial charge < -0.3 is 5.11 Å². The van der Waals surface area contributed by atoms with Gasteiger partial charge in [-0.1, -0.05) is 12.2 Å². The lowest BCUT2D eigenvalue weighted by Gasteiger charge is -2.15. The summed E-state index contributed by atoms with van der Waals surface area (Å²) in [6, 6.07) is 0. The second-order valence-corrected chi connectivity index (χ2v) is 4.77. The molecule has 0 radical (unpaired) electrons. The number of amides is 3. The molecule has 0 aromatic heterocycles. The first-order chi connectivity index (χ1) is 10.4. The van der Waals surface area contributed by atoms with Crippen LogP contribution in [0.25, 0.3) is 0 Å². The molecule has 0 saturated carbocycles. The second kappa shape index (κ2) is 6.37. The van der Waals surface area contributed by atoms with Gasteiger partial charge in [0.2, 0.25) is 11.0 Å². The van der Waals surface area contributed by atoms with E-state index in [-0.39, 0.29) is 21.4 Å². The minimum atomic E-state index is -0.628. The molecule has 1 saturated heterocycles. The summed E-state index contributed by atoms with van der Waals surface area (Å²) in [6.07, 6.45) is 5.21. The van der Waals surface area contributed by atoms with Crippen molar-refractivity contribution in [2.75, 3.05) is 0 Å². The number of aliphatic hydroxyl groups is 1. The van der Waals surface area contributed by atoms with E-state index >= 15 is 0 Å². The Morgan fingerprint density at radius 3 is 1.91 bits per heavy atom. The van der Waals surface area contributed by atoms with E-state index in [2.05, 4.69) is 45.4 Å². The van der Waals surface area contributed by atoms with Crippen LogP contribution in [-0.2, 0) is 14.4 Å². The number of nitrogens with one attached hydrogen (secondary N) is 3. The SMILES string of the molecule is O=C1NC(=S)NC(=O)C1=CC=CC=C1C(=O)NC(=S)N=C1O. The molecule has 0 spiro atoms. The van der Waals surface area contributed by atoms with Gasteiger partial charge in [-0.15, -0.1) is 0 Å². The molecule has 0 aromatic carbocycles. The Bertz CT molecular complexity index is 711. The molecule has 22 heavy (non-hydrogen) atoms. The molecule has 3 amide bonds. The van der Waals surface area contributed by atoms with Crippen LogP contribution in [0.4, 0.5) is 0 Å². The molecular formula is C12H8N4O4S2. The van der Waals surface area contributed by atoms with Crippen molar-refractivity contribution in [1.82, 2.24) is 16.0 Å². The third kappa shape index (κ3) is 3.48. The lowest BCUT2D eigenvalue weighted by atomic mass is 10.1. The first-order valence-corrected chi connectivity index (χ1v) is 6.59. The van der Waals surface area contributed by atoms with E-state index in [9.17, 15) is 19.5 Å². The van der Waals surface area contributed by atoms with Crippen LogP contribution in [0, 0.1) is 0 Å². The van der Waals surface area contributed by atoms with Crippen molar-refractivity contribution < 1.29 is 19.5 Å². The first-order valence-electron chi connectivity index (χ1n) is 5.77. The number of rotatable bonds is 2. The number of thiocarbonyl (C=S) groups is 2. The van der Waals surface area contributed by atoms with Gasteiger partial charge in [0.15, 0.2) is 5.11 Å². The quantitative estimate of drug-likeness (QED) is 0.301.